The lowest BCUT2D eigenvalue weighted by Crippen LogP contribution is -2.71. The summed E-state index contributed by atoms with van der Waals surface area (Å²) in [6, 6.07) is 15.1. The third-order valence-electron chi connectivity index (χ3n) is 10.1. The first-order valence-electron chi connectivity index (χ1n) is 15.2. The normalized spacial score (nSPS) is 26.1. The van der Waals surface area contributed by atoms with Crippen LogP contribution in [0.1, 0.15) is 68.2 Å². The molecule has 0 saturated carbocycles. The molecule has 5 aliphatic rings. The number of nitrogens with zero attached hydrogens (tertiary/aromatic N) is 3. The molecule has 1 N–H and O–H groups in total. The summed E-state index contributed by atoms with van der Waals surface area (Å²) in [4.78, 5) is 31.4. The Morgan fingerprint density at radius 1 is 0.902 bits per heavy atom. The van der Waals surface area contributed by atoms with Crippen molar-refractivity contribution in [1.29, 1.82) is 0 Å². The van der Waals surface area contributed by atoms with Crippen LogP contribution < -0.4 is 5.32 Å². The fourth-order valence-electron chi connectivity index (χ4n) is 8.04. The van der Waals surface area contributed by atoms with E-state index >= 15 is 0 Å². The molecule has 1 atom stereocenters. The number of nitrogens with one attached hydrogen (secondary N) is 1. The van der Waals surface area contributed by atoms with Crippen molar-refractivity contribution in [1.82, 2.24) is 20.0 Å². The summed E-state index contributed by atoms with van der Waals surface area (Å²) in [5.74, 6) is -0.288. The molecule has 7 heteroatoms. The summed E-state index contributed by atoms with van der Waals surface area (Å²) < 4.78 is 0. The van der Waals surface area contributed by atoms with E-state index in [0.717, 1.165) is 37.6 Å². The average molecular weight is 573 g/mol. The number of carbonyl (C=O) groups is 2. The topological polar surface area (TPSA) is 55.9 Å². The minimum atomic E-state index is -0.196. The van der Waals surface area contributed by atoms with Gasteiger partial charge < -0.3 is 0 Å². The minimum absolute atomic E-state index is 0.139. The Labute approximate surface area is 248 Å². The molecule has 1 unspecified atom stereocenters. The lowest BCUT2D eigenvalue weighted by molar-refractivity contribution is -0.137. The Morgan fingerprint density at radius 3 is 2.34 bits per heavy atom. The maximum Gasteiger partial charge on any atom is 0.243 e. The van der Waals surface area contributed by atoms with Gasteiger partial charge in [-0.25, -0.2) is 0 Å². The number of carbonyl (C=O) groups excluding carboxylic acids is 2. The van der Waals surface area contributed by atoms with Crippen LogP contribution >= 0.6 is 11.6 Å². The Morgan fingerprint density at radius 2 is 1.61 bits per heavy atom. The summed E-state index contributed by atoms with van der Waals surface area (Å²) in [6.45, 7) is 13.2. The van der Waals surface area contributed by atoms with Gasteiger partial charge in [0, 0.05) is 69.2 Å². The first kappa shape index (κ1) is 27.3. The molecule has 4 aliphatic heterocycles. The van der Waals surface area contributed by atoms with Crippen LogP contribution in [0.15, 0.2) is 48.0 Å². The van der Waals surface area contributed by atoms with Crippen molar-refractivity contribution in [2.45, 2.75) is 71.6 Å². The minimum Gasteiger partial charge on any atom is -0.298 e. The van der Waals surface area contributed by atoms with Gasteiger partial charge in [-0.3, -0.25) is 29.6 Å². The second kappa shape index (κ2) is 10.3. The maximum atomic E-state index is 12.4. The quantitative estimate of drug-likeness (QED) is 0.480. The molecule has 2 aromatic rings. The number of rotatable bonds is 6. The molecule has 41 heavy (non-hydrogen) atoms. The molecule has 0 bridgehead atoms. The smallest absolute Gasteiger partial charge is 0.243 e. The molecule has 1 aliphatic carbocycles. The van der Waals surface area contributed by atoms with E-state index in [9.17, 15) is 9.59 Å². The van der Waals surface area contributed by atoms with Gasteiger partial charge in [0.1, 0.15) is 0 Å². The van der Waals surface area contributed by atoms with Gasteiger partial charge in [0.2, 0.25) is 11.8 Å². The zero-order valence-electron chi connectivity index (χ0n) is 24.3. The van der Waals surface area contributed by atoms with Crippen LogP contribution in [-0.4, -0.2) is 65.3 Å². The molecule has 3 saturated heterocycles. The molecule has 1 spiro atoms. The zero-order chi connectivity index (χ0) is 28.4. The van der Waals surface area contributed by atoms with Crippen LogP contribution in [0.3, 0.4) is 0 Å². The van der Waals surface area contributed by atoms with E-state index < -0.39 is 0 Å². The van der Waals surface area contributed by atoms with Gasteiger partial charge >= 0.3 is 0 Å². The van der Waals surface area contributed by atoms with Crippen molar-refractivity contribution in [3.63, 3.8) is 0 Å². The van der Waals surface area contributed by atoms with Crippen molar-refractivity contribution in [2.24, 2.45) is 10.8 Å². The van der Waals surface area contributed by atoms with Crippen LogP contribution in [0.2, 0.25) is 5.02 Å². The summed E-state index contributed by atoms with van der Waals surface area (Å²) in [7, 11) is 0. The van der Waals surface area contributed by atoms with Crippen molar-refractivity contribution in [3.8, 4) is 0 Å². The van der Waals surface area contributed by atoms with Gasteiger partial charge in [0.25, 0.3) is 0 Å². The molecule has 6 nitrogen and oxygen atoms in total. The molecule has 0 radical (unpaired) electrons. The van der Waals surface area contributed by atoms with Crippen LogP contribution in [0.4, 0.5) is 0 Å². The highest BCUT2D eigenvalue weighted by Gasteiger charge is 2.51. The van der Waals surface area contributed by atoms with Gasteiger partial charge in [0.15, 0.2) is 0 Å². The Bertz CT molecular complexity index is 1400. The molecule has 4 heterocycles. The van der Waals surface area contributed by atoms with E-state index in [1.807, 2.05) is 12.1 Å². The molecule has 3 fully saturated rings. The Balaban J connectivity index is 0.925. The van der Waals surface area contributed by atoms with E-state index in [2.05, 4.69) is 64.2 Å². The van der Waals surface area contributed by atoms with Gasteiger partial charge in [-0.2, -0.15) is 0 Å². The summed E-state index contributed by atoms with van der Waals surface area (Å²) in [5.41, 5.74) is 9.34. The number of hydrogen-bond donors (Lipinski definition) is 1. The number of allylic oxidation sites excluding steroid dienone is 1. The van der Waals surface area contributed by atoms with E-state index in [1.54, 1.807) is 11.1 Å². The highest BCUT2D eigenvalue weighted by Crippen LogP contribution is 2.46. The molecular formula is C34H41ClN4O2. The fourth-order valence-corrected chi connectivity index (χ4v) is 8.17. The molecule has 216 valence electrons. The monoisotopic (exact) mass is 572 g/mol. The first-order chi connectivity index (χ1) is 19.6. The standard InChI is InChI=1S/C34H41ClN4O2/c1-33(2)12-11-26(29(14-33)24-5-7-28(35)8-6-24)16-38-21-34(22-38)19-37(20-34)15-23-3-4-25-17-39(18-27(25)13-23)30-9-10-31(40)36-32(30)41/h3-8,13,30H,9-12,14-22H2,1-2H3,(H,36,40,41). The number of amides is 2. The van der Waals surface area contributed by atoms with Gasteiger partial charge in [0.05, 0.1) is 6.04 Å². The fraction of sp³-hybridized carbons (Fsp3) is 0.529. The molecular weight excluding hydrogens is 532 g/mol. The number of likely N-dealkylation sites (tertiary alicyclic amines) is 2. The van der Waals surface area contributed by atoms with Crippen molar-refractivity contribution in [3.05, 3.63) is 75.3 Å². The van der Waals surface area contributed by atoms with E-state index in [0.29, 0.717) is 23.7 Å². The van der Waals surface area contributed by atoms with Gasteiger partial charge in [-0.15, -0.1) is 0 Å². The zero-order valence-corrected chi connectivity index (χ0v) is 25.1. The average Bonchev–Trinajstić information content (AvgIpc) is 3.30. The number of halogens is 1. The Kier molecular flexibility index (Phi) is 6.89. The summed E-state index contributed by atoms with van der Waals surface area (Å²) >= 11 is 6.19. The molecule has 7 rings (SSSR count). The number of hydrogen-bond acceptors (Lipinski definition) is 5. The number of benzene rings is 2. The highest BCUT2D eigenvalue weighted by molar-refractivity contribution is 6.30. The van der Waals surface area contributed by atoms with Crippen LogP contribution in [-0.2, 0) is 29.2 Å². The van der Waals surface area contributed by atoms with Crippen LogP contribution in [0.5, 0.6) is 0 Å². The first-order valence-corrected chi connectivity index (χ1v) is 15.6. The lowest BCUT2D eigenvalue weighted by Gasteiger charge is -2.61. The maximum absolute atomic E-state index is 12.4. The number of piperidine rings is 1. The summed E-state index contributed by atoms with van der Waals surface area (Å²) in [6.07, 6.45) is 4.65. The predicted octanol–water partition coefficient (Wildman–Crippen LogP) is 5.24. The SMILES string of the molecule is CC1(C)CCC(CN2CC3(C2)CN(Cc2ccc4c(c2)CN(C2CCC(=O)NC2=O)C4)C3)=C(c2ccc(Cl)cc2)C1. The van der Waals surface area contributed by atoms with Crippen LogP contribution in [0.25, 0.3) is 5.57 Å². The van der Waals surface area contributed by atoms with Gasteiger partial charge in [-0.05, 0) is 71.1 Å². The van der Waals surface area contributed by atoms with Crippen molar-refractivity contribution >= 4 is 29.0 Å². The molecule has 2 aromatic carbocycles. The Hall–Kier alpha value is -2.51. The third-order valence-corrected chi connectivity index (χ3v) is 10.4. The van der Waals surface area contributed by atoms with Crippen molar-refractivity contribution in [2.75, 3.05) is 32.7 Å². The van der Waals surface area contributed by atoms with E-state index in [-0.39, 0.29) is 17.9 Å². The second-order valence-corrected chi connectivity index (χ2v) is 14.6. The number of fused-ring (bicyclic) bond motifs is 1. The predicted molar refractivity (Wildman–Crippen MR) is 162 cm³/mol. The van der Waals surface area contributed by atoms with Crippen LogP contribution in [0, 0.1) is 10.8 Å². The summed E-state index contributed by atoms with van der Waals surface area (Å²) in [5, 5.41) is 3.31. The molecule has 0 aromatic heterocycles. The number of imide groups is 1. The lowest BCUT2D eigenvalue weighted by atomic mass is 9.70. The van der Waals surface area contributed by atoms with E-state index in [1.165, 1.54) is 61.3 Å². The van der Waals surface area contributed by atoms with E-state index in [4.69, 9.17) is 11.6 Å². The largest absolute Gasteiger partial charge is 0.298 e. The van der Waals surface area contributed by atoms with Crippen molar-refractivity contribution < 1.29 is 9.59 Å². The van der Waals surface area contributed by atoms with Gasteiger partial charge in [-0.1, -0.05) is 61.4 Å². The third kappa shape index (κ3) is 5.52. The highest BCUT2D eigenvalue weighted by atomic mass is 35.5. The second-order valence-electron chi connectivity index (χ2n) is 14.2. The molecule has 2 amide bonds.